The summed E-state index contributed by atoms with van der Waals surface area (Å²) < 4.78 is 5.58. The highest BCUT2D eigenvalue weighted by molar-refractivity contribution is 7.08. The second-order valence-electron chi connectivity index (χ2n) is 4.18. The van der Waals surface area contributed by atoms with Gasteiger partial charge in [-0.1, -0.05) is 0 Å². The standard InChI is InChI=1S/C12H19NOS/c1-10-8-15-9-11(10)7-13-5-4-12-3-2-6-14-12/h8-9,12-13H,2-7H2,1H3. The molecule has 1 atom stereocenters. The largest absolute Gasteiger partial charge is 0.378 e. The number of hydrogen-bond donors (Lipinski definition) is 1. The number of nitrogens with one attached hydrogen (secondary N) is 1. The Kier molecular flexibility index (Phi) is 4.18. The highest BCUT2D eigenvalue weighted by Gasteiger charge is 2.14. The molecule has 0 bridgehead atoms. The van der Waals surface area contributed by atoms with E-state index < -0.39 is 0 Å². The zero-order valence-electron chi connectivity index (χ0n) is 9.29. The molecule has 0 amide bonds. The lowest BCUT2D eigenvalue weighted by molar-refractivity contribution is 0.104. The van der Waals surface area contributed by atoms with E-state index in [4.69, 9.17) is 4.74 Å². The summed E-state index contributed by atoms with van der Waals surface area (Å²) >= 11 is 1.78. The molecule has 1 aromatic rings. The molecular formula is C12H19NOS. The Balaban J connectivity index is 1.60. The molecule has 3 heteroatoms. The molecule has 0 saturated carbocycles. The van der Waals surface area contributed by atoms with Gasteiger partial charge in [0.1, 0.15) is 0 Å². The Morgan fingerprint density at radius 2 is 2.47 bits per heavy atom. The van der Waals surface area contributed by atoms with Gasteiger partial charge in [0, 0.05) is 13.2 Å². The third kappa shape index (κ3) is 3.30. The minimum Gasteiger partial charge on any atom is -0.378 e. The van der Waals surface area contributed by atoms with E-state index in [0.29, 0.717) is 6.10 Å². The van der Waals surface area contributed by atoms with Crippen LogP contribution in [0.3, 0.4) is 0 Å². The van der Waals surface area contributed by atoms with E-state index in [9.17, 15) is 0 Å². The van der Waals surface area contributed by atoms with Crippen LogP contribution in [0.5, 0.6) is 0 Å². The lowest BCUT2D eigenvalue weighted by atomic mass is 10.2. The fraction of sp³-hybridized carbons (Fsp3) is 0.667. The smallest absolute Gasteiger partial charge is 0.0588 e. The maximum atomic E-state index is 5.58. The molecule has 2 heterocycles. The molecule has 0 radical (unpaired) electrons. The molecule has 1 aromatic heterocycles. The zero-order valence-corrected chi connectivity index (χ0v) is 10.1. The van der Waals surface area contributed by atoms with Gasteiger partial charge in [-0.3, -0.25) is 0 Å². The van der Waals surface area contributed by atoms with E-state index in [0.717, 1.165) is 26.1 Å². The van der Waals surface area contributed by atoms with Gasteiger partial charge in [-0.2, -0.15) is 11.3 Å². The predicted octanol–water partition coefficient (Wildman–Crippen LogP) is 2.72. The van der Waals surface area contributed by atoms with Gasteiger partial charge in [0.25, 0.3) is 0 Å². The van der Waals surface area contributed by atoms with Crippen molar-refractivity contribution < 1.29 is 4.74 Å². The van der Waals surface area contributed by atoms with E-state index in [1.165, 1.54) is 24.0 Å². The first-order valence-electron chi connectivity index (χ1n) is 5.70. The van der Waals surface area contributed by atoms with Crippen LogP contribution in [0.1, 0.15) is 30.4 Å². The average Bonchev–Trinajstić information content (AvgIpc) is 2.85. The first-order valence-corrected chi connectivity index (χ1v) is 6.64. The van der Waals surface area contributed by atoms with Gasteiger partial charge in [-0.05, 0) is 54.6 Å². The predicted molar refractivity (Wildman–Crippen MR) is 64.4 cm³/mol. The summed E-state index contributed by atoms with van der Waals surface area (Å²) in [4.78, 5) is 0. The van der Waals surface area contributed by atoms with Crippen molar-refractivity contribution in [3.63, 3.8) is 0 Å². The third-order valence-corrected chi connectivity index (χ3v) is 3.85. The van der Waals surface area contributed by atoms with Crippen LogP contribution in [0.15, 0.2) is 10.8 Å². The molecule has 1 aliphatic heterocycles. The Bertz CT molecular complexity index is 292. The Labute approximate surface area is 95.6 Å². The molecule has 0 aromatic carbocycles. The minimum absolute atomic E-state index is 0.515. The Morgan fingerprint density at radius 3 is 3.13 bits per heavy atom. The summed E-state index contributed by atoms with van der Waals surface area (Å²) in [5.74, 6) is 0. The van der Waals surface area contributed by atoms with Gasteiger partial charge >= 0.3 is 0 Å². The van der Waals surface area contributed by atoms with Crippen molar-refractivity contribution in [1.82, 2.24) is 5.32 Å². The third-order valence-electron chi connectivity index (χ3n) is 2.94. The summed E-state index contributed by atoms with van der Waals surface area (Å²) in [5, 5.41) is 7.92. The van der Waals surface area contributed by atoms with Gasteiger partial charge in [-0.25, -0.2) is 0 Å². The van der Waals surface area contributed by atoms with Crippen LogP contribution in [0.2, 0.25) is 0 Å². The highest BCUT2D eigenvalue weighted by Crippen LogP contribution is 2.15. The van der Waals surface area contributed by atoms with Crippen molar-refractivity contribution in [2.45, 2.75) is 38.8 Å². The van der Waals surface area contributed by atoms with Crippen molar-refractivity contribution in [1.29, 1.82) is 0 Å². The van der Waals surface area contributed by atoms with Crippen LogP contribution in [-0.2, 0) is 11.3 Å². The molecule has 0 aliphatic carbocycles. The molecule has 1 unspecified atom stereocenters. The van der Waals surface area contributed by atoms with Crippen LogP contribution < -0.4 is 5.32 Å². The summed E-state index contributed by atoms with van der Waals surface area (Å²) in [6.45, 7) is 5.21. The quantitative estimate of drug-likeness (QED) is 0.778. The Hall–Kier alpha value is -0.380. The van der Waals surface area contributed by atoms with Crippen LogP contribution in [-0.4, -0.2) is 19.3 Å². The molecular weight excluding hydrogens is 206 g/mol. The zero-order chi connectivity index (χ0) is 10.5. The molecule has 2 nitrogen and oxygen atoms in total. The van der Waals surface area contributed by atoms with Crippen LogP contribution in [0, 0.1) is 6.92 Å². The topological polar surface area (TPSA) is 21.3 Å². The summed E-state index contributed by atoms with van der Waals surface area (Å²) in [5.41, 5.74) is 2.84. The lowest BCUT2D eigenvalue weighted by Crippen LogP contribution is -2.19. The monoisotopic (exact) mass is 225 g/mol. The van der Waals surface area contributed by atoms with Crippen molar-refractivity contribution in [2.75, 3.05) is 13.2 Å². The van der Waals surface area contributed by atoms with Crippen molar-refractivity contribution >= 4 is 11.3 Å². The van der Waals surface area contributed by atoms with E-state index in [2.05, 4.69) is 23.0 Å². The van der Waals surface area contributed by atoms with E-state index in [-0.39, 0.29) is 0 Å². The Morgan fingerprint density at radius 1 is 1.53 bits per heavy atom. The fourth-order valence-corrected chi connectivity index (χ4v) is 2.78. The second kappa shape index (κ2) is 5.64. The van der Waals surface area contributed by atoms with Gasteiger partial charge in [0.05, 0.1) is 6.10 Å². The maximum absolute atomic E-state index is 5.58. The van der Waals surface area contributed by atoms with Crippen LogP contribution in [0.25, 0.3) is 0 Å². The summed E-state index contributed by atoms with van der Waals surface area (Å²) in [6.07, 6.45) is 4.16. The van der Waals surface area contributed by atoms with E-state index in [1.54, 1.807) is 11.3 Å². The van der Waals surface area contributed by atoms with Crippen molar-refractivity contribution in [3.8, 4) is 0 Å². The first-order chi connectivity index (χ1) is 7.36. The summed E-state index contributed by atoms with van der Waals surface area (Å²) in [6, 6.07) is 0. The van der Waals surface area contributed by atoms with Gasteiger partial charge in [-0.15, -0.1) is 0 Å². The van der Waals surface area contributed by atoms with Gasteiger partial charge < -0.3 is 10.1 Å². The fourth-order valence-electron chi connectivity index (χ4n) is 1.93. The number of rotatable bonds is 5. The van der Waals surface area contributed by atoms with Crippen molar-refractivity contribution in [3.05, 3.63) is 21.9 Å². The van der Waals surface area contributed by atoms with E-state index in [1.807, 2.05) is 0 Å². The summed E-state index contributed by atoms with van der Waals surface area (Å²) in [7, 11) is 0. The first kappa shape index (κ1) is 11.1. The normalized spacial score (nSPS) is 21.0. The maximum Gasteiger partial charge on any atom is 0.0588 e. The van der Waals surface area contributed by atoms with E-state index >= 15 is 0 Å². The van der Waals surface area contributed by atoms with Gasteiger partial charge in [0.15, 0.2) is 0 Å². The van der Waals surface area contributed by atoms with Crippen molar-refractivity contribution in [2.24, 2.45) is 0 Å². The number of aryl methyl sites for hydroxylation is 1. The average molecular weight is 225 g/mol. The molecule has 1 saturated heterocycles. The van der Waals surface area contributed by atoms with Crippen LogP contribution >= 0.6 is 11.3 Å². The second-order valence-corrected chi connectivity index (χ2v) is 4.92. The molecule has 2 rings (SSSR count). The molecule has 0 spiro atoms. The SMILES string of the molecule is Cc1cscc1CNCCC1CCCO1. The molecule has 15 heavy (non-hydrogen) atoms. The minimum atomic E-state index is 0.515. The number of ether oxygens (including phenoxy) is 1. The number of hydrogen-bond acceptors (Lipinski definition) is 3. The molecule has 1 N–H and O–H groups in total. The number of thiophene rings is 1. The van der Waals surface area contributed by atoms with Crippen LogP contribution in [0.4, 0.5) is 0 Å². The van der Waals surface area contributed by atoms with Gasteiger partial charge in [0.2, 0.25) is 0 Å². The molecule has 1 aliphatic rings. The lowest BCUT2D eigenvalue weighted by Gasteiger charge is -2.09. The molecule has 1 fully saturated rings. The molecule has 84 valence electrons. The highest BCUT2D eigenvalue weighted by atomic mass is 32.1.